The molecule has 1 aromatic carbocycles. The fourth-order valence-corrected chi connectivity index (χ4v) is 3.78. The van der Waals surface area contributed by atoms with Crippen LogP contribution in [0.5, 0.6) is 0 Å². The molecule has 2 atom stereocenters. The molecule has 2 aliphatic rings. The third-order valence-corrected chi connectivity index (χ3v) is 5.79. The molecule has 1 aromatic rings. The van der Waals surface area contributed by atoms with Gasteiger partial charge in [-0.1, -0.05) is 41.9 Å². The molecule has 0 fully saturated rings. The van der Waals surface area contributed by atoms with E-state index in [-0.39, 0.29) is 37.4 Å². The van der Waals surface area contributed by atoms with Gasteiger partial charge in [-0.3, -0.25) is 14.4 Å². The highest BCUT2D eigenvalue weighted by atomic mass is 16.7. The molecule has 1 unspecified atom stereocenters. The lowest BCUT2D eigenvalue weighted by Gasteiger charge is -2.24. The summed E-state index contributed by atoms with van der Waals surface area (Å²) in [5.74, 6) is -3.10. The predicted molar refractivity (Wildman–Crippen MR) is 141 cm³/mol. The summed E-state index contributed by atoms with van der Waals surface area (Å²) in [4.78, 5) is 66.4. The van der Waals surface area contributed by atoms with Crippen molar-refractivity contribution in [3.8, 4) is 0 Å². The van der Waals surface area contributed by atoms with Crippen LogP contribution in [-0.4, -0.2) is 69.7 Å². The molecule has 0 aromatic heterocycles. The number of hydrogen-bond acceptors (Lipinski definition) is 7. The topological polar surface area (TPSA) is 183 Å². The first-order chi connectivity index (χ1) is 18.6. The van der Waals surface area contributed by atoms with Gasteiger partial charge < -0.3 is 20.6 Å². The Balaban J connectivity index is 1.54. The number of rotatable bonds is 11. The molecule has 13 nitrogen and oxygen atoms in total. The molecule has 3 amide bonds. The van der Waals surface area contributed by atoms with Gasteiger partial charge >= 0.3 is 5.97 Å². The van der Waals surface area contributed by atoms with E-state index in [2.05, 4.69) is 22.5 Å². The van der Waals surface area contributed by atoms with Gasteiger partial charge in [-0.15, -0.1) is 0 Å². The number of carboxylic acid groups (broad SMARTS) is 1. The van der Waals surface area contributed by atoms with E-state index in [1.54, 1.807) is 30.3 Å². The number of carbonyl (C=O) groups excluding carboxylic acids is 3. The van der Waals surface area contributed by atoms with E-state index in [0.717, 1.165) is 0 Å². The normalized spacial score (nSPS) is 18.5. The van der Waals surface area contributed by atoms with Crippen LogP contribution in [0.15, 0.2) is 77.5 Å². The number of nitrogens with zero attached hydrogens (tertiary/aromatic N) is 3. The summed E-state index contributed by atoms with van der Waals surface area (Å²) in [6.07, 6.45) is 11.6. The van der Waals surface area contributed by atoms with Crippen molar-refractivity contribution >= 4 is 29.9 Å². The van der Waals surface area contributed by atoms with Crippen LogP contribution in [-0.2, 0) is 14.4 Å². The van der Waals surface area contributed by atoms with Crippen molar-refractivity contribution in [2.75, 3.05) is 13.1 Å². The Morgan fingerprint density at radius 2 is 1.95 bits per heavy atom. The quantitative estimate of drug-likeness (QED) is 0.183. The van der Waals surface area contributed by atoms with Gasteiger partial charge in [0.2, 0.25) is 5.91 Å². The lowest BCUT2D eigenvalue weighted by molar-refractivity contribution is -0.553. The Bertz CT molecular complexity index is 1280. The molecule has 0 saturated heterocycles. The second-order valence-corrected chi connectivity index (χ2v) is 8.54. The maximum Gasteiger partial charge on any atom is 0.326 e. The Morgan fingerprint density at radius 3 is 2.67 bits per heavy atom. The highest BCUT2D eigenvalue weighted by Gasteiger charge is 2.40. The standard InChI is InChI=1S/C26H27N6O7/c1-18-9-3-4-11-20(18)23(34)31-16-8-10-19(17-31)22(33)29-21(24(35)36)12-7-14-27-25(37)26(30-32(38)39)13-5-2-6-15-28-26/h2-6,8-11,13,15-16,21,30H,1,7,12,14,17H2,(H,27,37)(H,29,33)(H,35,36)/t21-,26?/m0/s1. The number of amides is 3. The molecule has 0 spiro atoms. The van der Waals surface area contributed by atoms with E-state index in [1.165, 1.54) is 47.7 Å². The summed E-state index contributed by atoms with van der Waals surface area (Å²) in [6.45, 7) is 3.74. The minimum Gasteiger partial charge on any atom is -0.480 e. The predicted octanol–water partition coefficient (Wildman–Crippen LogP) is 0.905. The number of allylic oxidation sites excluding steroid dienone is 5. The zero-order valence-electron chi connectivity index (χ0n) is 20.8. The van der Waals surface area contributed by atoms with Crippen LogP contribution in [0.3, 0.4) is 0 Å². The molecule has 13 heteroatoms. The molecule has 0 saturated carbocycles. The van der Waals surface area contributed by atoms with Crippen molar-refractivity contribution in [1.29, 1.82) is 0 Å². The van der Waals surface area contributed by atoms with Gasteiger partial charge in [0.1, 0.15) is 6.04 Å². The van der Waals surface area contributed by atoms with E-state index in [9.17, 15) is 34.4 Å². The maximum atomic E-state index is 12.9. The first-order valence-corrected chi connectivity index (χ1v) is 11.9. The van der Waals surface area contributed by atoms with E-state index >= 15 is 0 Å². The Kier molecular flexibility index (Phi) is 9.46. The molecule has 2 heterocycles. The first-order valence-electron chi connectivity index (χ1n) is 11.9. The van der Waals surface area contributed by atoms with Crippen molar-refractivity contribution in [2.24, 2.45) is 4.99 Å². The maximum absolute atomic E-state index is 12.9. The van der Waals surface area contributed by atoms with Gasteiger partial charge in [-0.25, -0.2) is 19.9 Å². The number of aliphatic carboxylic acids is 1. The zero-order chi connectivity index (χ0) is 28.4. The summed E-state index contributed by atoms with van der Waals surface area (Å²) in [5, 5.41) is 24.7. The van der Waals surface area contributed by atoms with Gasteiger partial charge in [-0.2, -0.15) is 0 Å². The number of nitrogens with one attached hydrogen (secondary N) is 3. The second kappa shape index (κ2) is 12.9. The van der Waals surface area contributed by atoms with E-state index in [1.807, 2.05) is 5.43 Å². The number of nitro groups is 1. The molecular formula is C26H27N6O7. The van der Waals surface area contributed by atoms with Crippen molar-refractivity contribution in [3.63, 3.8) is 0 Å². The first kappa shape index (κ1) is 28.5. The molecule has 203 valence electrons. The van der Waals surface area contributed by atoms with Gasteiger partial charge in [0.05, 0.1) is 6.54 Å². The molecule has 4 N–H and O–H groups in total. The van der Waals surface area contributed by atoms with E-state index in [0.29, 0.717) is 11.1 Å². The van der Waals surface area contributed by atoms with Gasteiger partial charge in [-0.05, 0) is 49.6 Å². The van der Waals surface area contributed by atoms with Crippen LogP contribution < -0.4 is 16.1 Å². The van der Waals surface area contributed by atoms with Crippen LogP contribution >= 0.6 is 0 Å². The molecular weight excluding hydrogens is 508 g/mol. The van der Waals surface area contributed by atoms with Crippen LogP contribution in [0, 0.1) is 17.0 Å². The Morgan fingerprint density at radius 1 is 1.18 bits per heavy atom. The van der Waals surface area contributed by atoms with Crippen molar-refractivity contribution < 1.29 is 29.3 Å². The minimum absolute atomic E-state index is 0.0331. The van der Waals surface area contributed by atoms with Crippen molar-refractivity contribution in [3.05, 3.63) is 101 Å². The van der Waals surface area contributed by atoms with E-state index in [4.69, 9.17) is 0 Å². The average molecular weight is 536 g/mol. The lowest BCUT2D eigenvalue weighted by atomic mass is 10.1. The fraction of sp³-hybridized carbons (Fsp3) is 0.231. The third-order valence-electron chi connectivity index (χ3n) is 5.79. The minimum atomic E-state index is -1.97. The van der Waals surface area contributed by atoms with E-state index < -0.39 is 34.5 Å². The third kappa shape index (κ3) is 7.47. The second-order valence-electron chi connectivity index (χ2n) is 8.54. The number of carbonyl (C=O) groups is 4. The summed E-state index contributed by atoms with van der Waals surface area (Å²) < 4.78 is 0. The fourth-order valence-electron chi connectivity index (χ4n) is 3.78. The molecule has 0 bridgehead atoms. The monoisotopic (exact) mass is 535 g/mol. The summed E-state index contributed by atoms with van der Waals surface area (Å²) in [6, 6.07) is 5.50. The van der Waals surface area contributed by atoms with Crippen LogP contribution in [0.1, 0.15) is 28.8 Å². The Labute approximate surface area is 223 Å². The molecule has 0 aliphatic carbocycles. The SMILES string of the molecule is [CH2]c1ccccc1C(=O)N1C=CC=C(C(=O)N[C@@H](CCCNC(=O)C2(N[N+](=O)[O-])C=CC=CC=N2)C(=O)O)C1. The molecule has 1 radical (unpaired) electrons. The van der Waals surface area contributed by atoms with Crippen LogP contribution in [0.2, 0.25) is 0 Å². The van der Waals surface area contributed by atoms with Gasteiger partial charge in [0, 0.05) is 30.1 Å². The summed E-state index contributed by atoms with van der Waals surface area (Å²) in [7, 11) is 0. The number of carboxylic acids is 1. The Hall–Kier alpha value is -5.07. The van der Waals surface area contributed by atoms with Crippen molar-refractivity contribution in [2.45, 2.75) is 24.5 Å². The molecule has 3 rings (SSSR count). The highest BCUT2D eigenvalue weighted by Crippen LogP contribution is 2.16. The molecule has 39 heavy (non-hydrogen) atoms. The number of aliphatic imine (C=N–C) groups is 1. The van der Waals surface area contributed by atoms with Crippen LogP contribution in [0.4, 0.5) is 0 Å². The largest absolute Gasteiger partial charge is 0.480 e. The number of hydrazine groups is 1. The zero-order valence-corrected chi connectivity index (χ0v) is 20.8. The molecule has 2 aliphatic heterocycles. The smallest absolute Gasteiger partial charge is 0.326 e. The van der Waals surface area contributed by atoms with Crippen LogP contribution in [0.25, 0.3) is 0 Å². The average Bonchev–Trinajstić information content (AvgIpc) is 3.16. The van der Waals surface area contributed by atoms with Gasteiger partial charge in [0.25, 0.3) is 17.5 Å². The summed E-state index contributed by atoms with van der Waals surface area (Å²) in [5.41, 5.74) is 1.02. The number of benzene rings is 1. The number of hydrogen-bond donors (Lipinski definition) is 4. The summed E-state index contributed by atoms with van der Waals surface area (Å²) >= 11 is 0. The van der Waals surface area contributed by atoms with Gasteiger partial charge in [0.15, 0.2) is 5.03 Å². The highest BCUT2D eigenvalue weighted by molar-refractivity contribution is 6.00. The van der Waals surface area contributed by atoms with Crippen molar-refractivity contribution in [1.82, 2.24) is 21.0 Å². The lowest BCUT2D eigenvalue weighted by Crippen LogP contribution is -2.56.